The van der Waals surface area contributed by atoms with E-state index < -0.39 is 35.6 Å². The Kier molecular flexibility index (Phi) is 8.48. The van der Waals surface area contributed by atoms with Gasteiger partial charge in [-0.3, -0.25) is 9.59 Å². The first kappa shape index (κ1) is 28.7. The summed E-state index contributed by atoms with van der Waals surface area (Å²) in [5, 5.41) is 13.7. The van der Waals surface area contributed by atoms with Crippen LogP contribution in [0.2, 0.25) is 0 Å². The first-order valence-corrected chi connectivity index (χ1v) is 12.5. The summed E-state index contributed by atoms with van der Waals surface area (Å²) in [6, 6.07) is 12.0. The van der Waals surface area contributed by atoms with Crippen LogP contribution in [0.25, 0.3) is 22.5 Å². The summed E-state index contributed by atoms with van der Waals surface area (Å²) in [6.45, 7) is 3.21. The number of hydrogen-bond acceptors (Lipinski definition) is 5. The van der Waals surface area contributed by atoms with E-state index in [9.17, 15) is 27.2 Å². The molecule has 2 N–H and O–H groups in total. The third kappa shape index (κ3) is 7.00. The van der Waals surface area contributed by atoms with Crippen LogP contribution in [-0.2, 0) is 20.1 Å². The maximum absolute atomic E-state index is 14.2. The van der Waals surface area contributed by atoms with Gasteiger partial charge in [0.25, 0.3) is 11.5 Å². The minimum atomic E-state index is -4.65. The zero-order valence-corrected chi connectivity index (χ0v) is 22.1. The summed E-state index contributed by atoms with van der Waals surface area (Å²) in [6.07, 6.45) is -2.03. The number of alkyl halides is 3. The SMILES string of the molecule is CC(C)CNCc1cc(C(=O)Nc2cccc(-c3cc(F)ccc3-c3nncn3C)c2)c(=O)n(CC(F)(F)F)c1. The number of aromatic nitrogens is 4. The topological polar surface area (TPSA) is 93.8 Å². The molecule has 8 nitrogen and oxygen atoms in total. The molecule has 0 aliphatic carbocycles. The monoisotopic (exact) mass is 556 g/mol. The number of aryl methyl sites for hydroxylation is 1. The van der Waals surface area contributed by atoms with Gasteiger partial charge in [-0.2, -0.15) is 13.2 Å². The van der Waals surface area contributed by atoms with Crippen molar-refractivity contribution >= 4 is 11.6 Å². The van der Waals surface area contributed by atoms with Crippen molar-refractivity contribution in [3.05, 3.63) is 88.4 Å². The van der Waals surface area contributed by atoms with E-state index in [4.69, 9.17) is 0 Å². The minimum Gasteiger partial charge on any atom is -0.322 e. The van der Waals surface area contributed by atoms with Gasteiger partial charge in [-0.25, -0.2) is 4.39 Å². The molecular formula is C28H28F4N6O2. The summed E-state index contributed by atoms with van der Waals surface area (Å²) in [7, 11) is 1.75. The van der Waals surface area contributed by atoms with Crippen molar-refractivity contribution in [1.82, 2.24) is 24.6 Å². The lowest BCUT2D eigenvalue weighted by molar-refractivity contribution is -0.141. The summed E-state index contributed by atoms with van der Waals surface area (Å²) >= 11 is 0. The van der Waals surface area contributed by atoms with Gasteiger partial charge >= 0.3 is 6.18 Å². The first-order valence-electron chi connectivity index (χ1n) is 12.5. The van der Waals surface area contributed by atoms with E-state index >= 15 is 0 Å². The normalized spacial score (nSPS) is 11.7. The largest absolute Gasteiger partial charge is 0.406 e. The molecule has 210 valence electrons. The van der Waals surface area contributed by atoms with Gasteiger partial charge in [-0.1, -0.05) is 26.0 Å². The van der Waals surface area contributed by atoms with Crippen molar-refractivity contribution < 1.29 is 22.4 Å². The molecule has 0 saturated carbocycles. The molecule has 1 amide bonds. The molecule has 0 radical (unpaired) electrons. The number of hydrogen-bond donors (Lipinski definition) is 2. The molecule has 0 aliphatic heterocycles. The Bertz CT molecular complexity index is 1580. The summed E-state index contributed by atoms with van der Waals surface area (Å²) in [4.78, 5) is 26.1. The van der Waals surface area contributed by atoms with Crippen molar-refractivity contribution in [3.63, 3.8) is 0 Å². The number of pyridine rings is 1. The number of benzene rings is 2. The zero-order valence-electron chi connectivity index (χ0n) is 22.1. The maximum atomic E-state index is 14.2. The molecule has 0 spiro atoms. The number of halogens is 4. The van der Waals surface area contributed by atoms with Crippen LogP contribution in [0.1, 0.15) is 29.8 Å². The zero-order chi connectivity index (χ0) is 29.0. The molecule has 0 fully saturated rings. The van der Waals surface area contributed by atoms with E-state index in [2.05, 4.69) is 20.8 Å². The molecule has 12 heteroatoms. The lowest BCUT2D eigenvalue weighted by atomic mass is 9.98. The fourth-order valence-electron chi connectivity index (χ4n) is 4.21. The van der Waals surface area contributed by atoms with Crippen LogP contribution in [0.3, 0.4) is 0 Å². The van der Waals surface area contributed by atoms with Crippen molar-refractivity contribution in [1.29, 1.82) is 0 Å². The second-order valence-corrected chi connectivity index (χ2v) is 9.83. The number of anilines is 1. The molecule has 0 unspecified atom stereocenters. The van der Waals surface area contributed by atoms with Gasteiger partial charge in [0.2, 0.25) is 0 Å². The maximum Gasteiger partial charge on any atom is 0.406 e. The number of carbonyl (C=O) groups is 1. The molecular weight excluding hydrogens is 528 g/mol. The van der Waals surface area contributed by atoms with Crippen LogP contribution in [0.15, 0.2) is 65.8 Å². The van der Waals surface area contributed by atoms with Crippen LogP contribution in [0.5, 0.6) is 0 Å². The van der Waals surface area contributed by atoms with Gasteiger partial charge in [0, 0.05) is 31.0 Å². The van der Waals surface area contributed by atoms with E-state index in [1.54, 1.807) is 41.9 Å². The smallest absolute Gasteiger partial charge is 0.322 e. The average molecular weight is 557 g/mol. The Morgan fingerprint density at radius 1 is 1.07 bits per heavy atom. The standard InChI is InChI=1S/C28H28F4N6O2/c1-17(2)12-33-13-18-9-24(27(40)38(14-18)15-28(30,31)32)26(39)35-21-6-4-5-19(10-21)23-11-20(29)7-8-22(23)25-36-34-16-37(25)3/h4-11,14,16-17,33H,12-13,15H2,1-3H3,(H,35,39). The quantitative estimate of drug-likeness (QED) is 0.283. The fourth-order valence-corrected chi connectivity index (χ4v) is 4.21. The summed E-state index contributed by atoms with van der Waals surface area (Å²) in [5.74, 6) is -0.555. The molecule has 2 heterocycles. The fraction of sp³-hybridized carbons (Fsp3) is 0.286. The third-order valence-corrected chi connectivity index (χ3v) is 5.98. The Morgan fingerprint density at radius 3 is 2.52 bits per heavy atom. The molecule has 0 bridgehead atoms. The molecule has 0 aliphatic rings. The van der Waals surface area contributed by atoms with Gasteiger partial charge in [-0.15, -0.1) is 10.2 Å². The predicted octanol–water partition coefficient (Wildman–Crippen LogP) is 5.01. The second-order valence-electron chi connectivity index (χ2n) is 9.83. The number of carbonyl (C=O) groups excluding carboxylic acids is 1. The summed E-state index contributed by atoms with van der Waals surface area (Å²) < 4.78 is 55.9. The first-order chi connectivity index (χ1) is 18.9. The van der Waals surface area contributed by atoms with Gasteiger partial charge in [0.05, 0.1) is 0 Å². The van der Waals surface area contributed by atoms with E-state index in [1.165, 1.54) is 24.5 Å². The Morgan fingerprint density at radius 2 is 1.85 bits per heavy atom. The Balaban J connectivity index is 1.67. The molecule has 40 heavy (non-hydrogen) atoms. The van der Waals surface area contributed by atoms with Crippen LogP contribution >= 0.6 is 0 Å². The van der Waals surface area contributed by atoms with E-state index in [0.717, 1.165) is 6.20 Å². The van der Waals surface area contributed by atoms with Crippen LogP contribution in [0.4, 0.5) is 23.2 Å². The highest BCUT2D eigenvalue weighted by atomic mass is 19.4. The molecule has 0 saturated heterocycles. The second kappa shape index (κ2) is 11.8. The summed E-state index contributed by atoms with van der Waals surface area (Å²) in [5.41, 5.74) is 0.755. The predicted molar refractivity (Wildman–Crippen MR) is 143 cm³/mol. The molecule has 4 aromatic rings. The van der Waals surface area contributed by atoms with Crippen molar-refractivity contribution in [2.24, 2.45) is 13.0 Å². The number of amides is 1. The van der Waals surface area contributed by atoms with Crippen molar-refractivity contribution in [2.45, 2.75) is 33.1 Å². The molecule has 2 aromatic carbocycles. The van der Waals surface area contributed by atoms with Gasteiger partial charge in [0.15, 0.2) is 5.82 Å². The van der Waals surface area contributed by atoms with E-state index in [0.29, 0.717) is 45.1 Å². The molecule has 0 atom stereocenters. The molecule has 2 aromatic heterocycles. The number of nitrogens with zero attached hydrogens (tertiary/aromatic N) is 4. The van der Waals surface area contributed by atoms with Gasteiger partial charge < -0.3 is 19.8 Å². The third-order valence-electron chi connectivity index (χ3n) is 5.98. The Hall–Kier alpha value is -4.32. The lowest BCUT2D eigenvalue weighted by Gasteiger charge is -2.15. The van der Waals surface area contributed by atoms with E-state index in [1.807, 2.05) is 13.8 Å². The highest BCUT2D eigenvalue weighted by Gasteiger charge is 2.29. The van der Waals surface area contributed by atoms with Gasteiger partial charge in [0.1, 0.15) is 24.3 Å². The van der Waals surface area contributed by atoms with Crippen molar-refractivity contribution in [3.8, 4) is 22.5 Å². The number of rotatable bonds is 9. The van der Waals surface area contributed by atoms with Crippen molar-refractivity contribution in [2.75, 3.05) is 11.9 Å². The van der Waals surface area contributed by atoms with Crippen LogP contribution < -0.4 is 16.2 Å². The minimum absolute atomic E-state index is 0.177. The van der Waals surface area contributed by atoms with Gasteiger partial charge in [-0.05, 0) is 65.6 Å². The van der Waals surface area contributed by atoms with Crippen LogP contribution in [-0.4, -0.2) is 38.0 Å². The van der Waals surface area contributed by atoms with E-state index in [-0.39, 0.29) is 12.2 Å². The average Bonchev–Trinajstić information content (AvgIpc) is 3.30. The Labute approximate surface area is 227 Å². The molecule has 4 rings (SSSR count). The highest BCUT2D eigenvalue weighted by Crippen LogP contribution is 2.33. The number of nitrogens with one attached hydrogen (secondary N) is 2. The highest BCUT2D eigenvalue weighted by molar-refractivity contribution is 6.04. The lowest BCUT2D eigenvalue weighted by Crippen LogP contribution is -2.34. The van der Waals surface area contributed by atoms with Crippen LogP contribution in [0, 0.1) is 11.7 Å².